The second-order valence-corrected chi connectivity index (χ2v) is 6.10. The fourth-order valence-electron chi connectivity index (χ4n) is 2.10. The molecule has 0 bridgehead atoms. The fourth-order valence-corrected chi connectivity index (χ4v) is 2.72. The molecule has 122 valence electrons. The molecule has 2 rings (SSSR count). The van der Waals surface area contributed by atoms with Gasteiger partial charge in [-0.25, -0.2) is 0 Å². The molecular formula is C15H17Cl2N5S. The lowest BCUT2D eigenvalue weighted by Crippen LogP contribution is -2.24. The number of thiocarbonyl (C=S) groups is 1. The monoisotopic (exact) mass is 369 g/mol. The molecule has 1 heterocycles. The number of hydrogen-bond acceptors (Lipinski definition) is 3. The Morgan fingerprint density at radius 3 is 2.74 bits per heavy atom. The van der Waals surface area contributed by atoms with E-state index in [1.54, 1.807) is 24.4 Å². The van der Waals surface area contributed by atoms with Crippen molar-refractivity contribution in [3.8, 4) is 0 Å². The minimum atomic E-state index is 0.337. The number of hydrogen-bond donors (Lipinski definition) is 2. The van der Waals surface area contributed by atoms with Gasteiger partial charge in [-0.15, -0.1) is 0 Å². The normalized spacial score (nSPS) is 11.0. The summed E-state index contributed by atoms with van der Waals surface area (Å²) in [5, 5.41) is 12.9. The van der Waals surface area contributed by atoms with Crippen molar-refractivity contribution in [2.45, 2.75) is 27.3 Å². The Morgan fingerprint density at radius 1 is 1.39 bits per heavy atom. The van der Waals surface area contributed by atoms with Crippen LogP contribution in [0.4, 0.5) is 5.69 Å². The smallest absolute Gasteiger partial charge is 0.191 e. The number of rotatable bonds is 4. The van der Waals surface area contributed by atoms with Crippen LogP contribution in [0.5, 0.6) is 0 Å². The first-order valence-corrected chi connectivity index (χ1v) is 8.18. The van der Waals surface area contributed by atoms with Crippen molar-refractivity contribution in [3.63, 3.8) is 0 Å². The summed E-state index contributed by atoms with van der Waals surface area (Å²) in [4.78, 5) is 0. The number of nitrogens with zero attached hydrogens (tertiary/aromatic N) is 3. The molecule has 8 heteroatoms. The van der Waals surface area contributed by atoms with Gasteiger partial charge in [0.1, 0.15) is 0 Å². The molecule has 0 saturated heterocycles. The molecule has 0 fully saturated rings. The van der Waals surface area contributed by atoms with E-state index in [1.165, 1.54) is 0 Å². The Balaban J connectivity index is 2.00. The van der Waals surface area contributed by atoms with Crippen LogP contribution in [-0.2, 0) is 6.54 Å². The van der Waals surface area contributed by atoms with Crippen LogP contribution in [0.3, 0.4) is 0 Å². The van der Waals surface area contributed by atoms with Crippen LogP contribution in [0.2, 0.25) is 10.0 Å². The lowest BCUT2D eigenvalue weighted by Gasteiger charge is -2.08. The topological polar surface area (TPSA) is 54.2 Å². The fraction of sp³-hybridized carbons (Fsp3) is 0.267. The lowest BCUT2D eigenvalue weighted by atomic mass is 10.2. The highest BCUT2D eigenvalue weighted by atomic mass is 35.5. The van der Waals surface area contributed by atoms with Gasteiger partial charge in [-0.05, 0) is 51.2 Å². The molecule has 0 aliphatic carbocycles. The van der Waals surface area contributed by atoms with Crippen LogP contribution in [0.25, 0.3) is 0 Å². The SMILES string of the molecule is CCn1nc(C)c(/C=N\NC(=S)Nc2ccc(Cl)cc2Cl)c1C. The number of nitrogens with one attached hydrogen (secondary N) is 2. The number of aromatic nitrogens is 2. The quantitative estimate of drug-likeness (QED) is 0.482. The van der Waals surface area contributed by atoms with Crippen molar-refractivity contribution < 1.29 is 0 Å². The Morgan fingerprint density at radius 2 is 2.13 bits per heavy atom. The molecule has 0 aliphatic rings. The molecule has 0 spiro atoms. The van der Waals surface area contributed by atoms with Crippen LogP contribution >= 0.6 is 35.4 Å². The number of benzene rings is 1. The molecule has 0 atom stereocenters. The third kappa shape index (κ3) is 4.43. The Kier molecular flexibility index (Phi) is 5.98. The van der Waals surface area contributed by atoms with Gasteiger partial charge < -0.3 is 5.32 Å². The van der Waals surface area contributed by atoms with Crippen molar-refractivity contribution in [2.75, 3.05) is 5.32 Å². The second-order valence-electron chi connectivity index (χ2n) is 4.85. The average molecular weight is 370 g/mol. The van der Waals surface area contributed by atoms with Gasteiger partial charge in [0, 0.05) is 22.8 Å². The van der Waals surface area contributed by atoms with Crippen molar-refractivity contribution in [3.05, 3.63) is 45.2 Å². The van der Waals surface area contributed by atoms with Gasteiger partial charge >= 0.3 is 0 Å². The van der Waals surface area contributed by atoms with Gasteiger partial charge in [-0.1, -0.05) is 23.2 Å². The van der Waals surface area contributed by atoms with Crippen molar-refractivity contribution in [1.82, 2.24) is 15.2 Å². The van der Waals surface area contributed by atoms with Gasteiger partial charge in [-0.2, -0.15) is 10.2 Å². The zero-order chi connectivity index (χ0) is 17.0. The molecule has 0 saturated carbocycles. The van der Waals surface area contributed by atoms with E-state index in [9.17, 15) is 0 Å². The van der Waals surface area contributed by atoms with Crippen molar-refractivity contribution in [2.24, 2.45) is 5.10 Å². The van der Waals surface area contributed by atoms with Crippen LogP contribution in [0, 0.1) is 13.8 Å². The van der Waals surface area contributed by atoms with Gasteiger partial charge in [-0.3, -0.25) is 10.1 Å². The summed E-state index contributed by atoms with van der Waals surface area (Å²) < 4.78 is 1.93. The summed E-state index contributed by atoms with van der Waals surface area (Å²) >= 11 is 17.1. The zero-order valence-corrected chi connectivity index (χ0v) is 15.4. The summed E-state index contributed by atoms with van der Waals surface area (Å²) in [6.45, 7) is 6.83. The Bertz CT molecular complexity index is 755. The molecule has 0 radical (unpaired) electrons. The number of aryl methyl sites for hydroxylation is 2. The van der Waals surface area contributed by atoms with E-state index in [2.05, 4.69) is 20.9 Å². The molecule has 5 nitrogen and oxygen atoms in total. The zero-order valence-electron chi connectivity index (χ0n) is 13.0. The lowest BCUT2D eigenvalue weighted by molar-refractivity contribution is 0.634. The third-order valence-corrected chi connectivity index (χ3v) is 4.02. The van der Waals surface area contributed by atoms with Crippen LogP contribution in [-0.4, -0.2) is 21.1 Å². The maximum atomic E-state index is 6.08. The molecule has 0 aliphatic heterocycles. The Hall–Kier alpha value is -1.63. The third-order valence-electron chi connectivity index (χ3n) is 3.28. The average Bonchev–Trinajstić information content (AvgIpc) is 2.77. The van der Waals surface area contributed by atoms with Gasteiger partial charge in [0.2, 0.25) is 0 Å². The van der Waals surface area contributed by atoms with E-state index >= 15 is 0 Å². The van der Waals surface area contributed by atoms with E-state index in [-0.39, 0.29) is 0 Å². The van der Waals surface area contributed by atoms with E-state index in [4.69, 9.17) is 35.4 Å². The minimum absolute atomic E-state index is 0.337. The maximum Gasteiger partial charge on any atom is 0.191 e. The molecule has 23 heavy (non-hydrogen) atoms. The van der Waals surface area contributed by atoms with Crippen molar-refractivity contribution in [1.29, 1.82) is 0 Å². The predicted molar refractivity (Wildman–Crippen MR) is 101 cm³/mol. The second kappa shape index (κ2) is 7.77. The summed E-state index contributed by atoms with van der Waals surface area (Å²) in [6, 6.07) is 5.12. The van der Waals surface area contributed by atoms with Crippen molar-refractivity contribution >= 4 is 52.4 Å². The highest BCUT2D eigenvalue weighted by molar-refractivity contribution is 7.80. The predicted octanol–water partition coefficient (Wildman–Crippen LogP) is 4.15. The molecule has 1 aromatic heterocycles. The van der Waals surface area contributed by atoms with E-state index in [0.29, 0.717) is 20.8 Å². The van der Waals surface area contributed by atoms with Gasteiger partial charge in [0.25, 0.3) is 0 Å². The van der Waals surface area contributed by atoms with Crippen LogP contribution in [0.15, 0.2) is 23.3 Å². The first kappa shape index (κ1) is 17.7. The van der Waals surface area contributed by atoms with Gasteiger partial charge in [0.15, 0.2) is 5.11 Å². The van der Waals surface area contributed by atoms with E-state index in [0.717, 1.165) is 23.5 Å². The minimum Gasteiger partial charge on any atom is -0.330 e. The standard InChI is InChI=1S/C15H17Cl2N5S/c1-4-22-10(3)12(9(2)21-22)8-18-20-15(23)19-14-6-5-11(16)7-13(14)17/h5-8H,4H2,1-3H3,(H2,19,20,23)/b18-8-. The first-order chi connectivity index (χ1) is 10.9. The molecule has 2 N–H and O–H groups in total. The number of anilines is 1. The van der Waals surface area contributed by atoms with Gasteiger partial charge in [0.05, 0.1) is 22.6 Å². The highest BCUT2D eigenvalue weighted by Crippen LogP contribution is 2.25. The molecule has 2 aromatic rings. The number of hydrazone groups is 1. The Labute approximate surface area is 150 Å². The maximum absolute atomic E-state index is 6.08. The van der Waals surface area contributed by atoms with Crippen LogP contribution < -0.4 is 10.7 Å². The summed E-state index contributed by atoms with van der Waals surface area (Å²) in [7, 11) is 0. The molecular weight excluding hydrogens is 353 g/mol. The largest absolute Gasteiger partial charge is 0.330 e. The van der Waals surface area contributed by atoms with E-state index < -0.39 is 0 Å². The summed E-state index contributed by atoms with van der Waals surface area (Å²) in [5.41, 5.74) is 6.40. The van der Waals surface area contributed by atoms with E-state index in [1.807, 2.05) is 25.5 Å². The molecule has 0 amide bonds. The summed E-state index contributed by atoms with van der Waals surface area (Å²) in [5.74, 6) is 0. The van der Waals surface area contributed by atoms with Crippen LogP contribution in [0.1, 0.15) is 23.9 Å². The number of halogens is 2. The molecule has 0 unspecified atom stereocenters. The summed E-state index contributed by atoms with van der Waals surface area (Å²) in [6.07, 6.45) is 1.71. The highest BCUT2D eigenvalue weighted by Gasteiger charge is 2.08. The molecule has 1 aromatic carbocycles. The first-order valence-electron chi connectivity index (χ1n) is 7.01.